The maximum Gasteiger partial charge on any atom is 0.303 e. The molecule has 28 heavy (non-hydrogen) atoms. The molecule has 1 aromatic carbocycles. The van der Waals surface area contributed by atoms with Crippen molar-refractivity contribution in [1.29, 1.82) is 0 Å². The minimum Gasteiger partial charge on any atom is -0.481 e. The Labute approximate surface area is 162 Å². The third-order valence-corrected chi connectivity index (χ3v) is 4.77. The Kier molecular flexibility index (Phi) is 5.98. The Morgan fingerprint density at radius 3 is 2.64 bits per heavy atom. The number of benzene rings is 1. The van der Waals surface area contributed by atoms with E-state index in [1.54, 1.807) is 4.52 Å². The fraction of sp³-hybridized carbons (Fsp3) is 0.350. The summed E-state index contributed by atoms with van der Waals surface area (Å²) >= 11 is 0. The molecule has 1 unspecified atom stereocenters. The lowest BCUT2D eigenvalue weighted by molar-refractivity contribution is -0.137. The topological polar surface area (TPSA) is 109 Å². The van der Waals surface area contributed by atoms with E-state index in [1.165, 1.54) is 6.33 Å². The van der Waals surface area contributed by atoms with Gasteiger partial charge < -0.3 is 10.4 Å². The first kappa shape index (κ1) is 19.5. The second kappa shape index (κ2) is 8.60. The molecule has 0 spiro atoms. The lowest BCUT2D eigenvalue weighted by Gasteiger charge is -2.19. The number of aliphatic carboxylic acids is 1. The Balaban J connectivity index is 1.68. The van der Waals surface area contributed by atoms with Gasteiger partial charge in [0.15, 0.2) is 0 Å². The summed E-state index contributed by atoms with van der Waals surface area (Å²) in [6, 6.07) is 9.09. The number of hydrogen-bond donors (Lipinski definition) is 2. The molecule has 146 valence electrons. The number of nitrogens with zero attached hydrogens (tertiary/aromatic N) is 4. The molecule has 0 saturated heterocycles. The summed E-state index contributed by atoms with van der Waals surface area (Å²) in [5.41, 5.74) is 3.61. The van der Waals surface area contributed by atoms with Gasteiger partial charge >= 0.3 is 5.97 Å². The van der Waals surface area contributed by atoms with Gasteiger partial charge in [0.1, 0.15) is 6.33 Å². The van der Waals surface area contributed by atoms with Crippen molar-refractivity contribution >= 4 is 17.7 Å². The van der Waals surface area contributed by atoms with Crippen molar-refractivity contribution in [2.24, 2.45) is 0 Å². The molecule has 3 rings (SSSR count). The Morgan fingerprint density at radius 2 is 1.93 bits per heavy atom. The van der Waals surface area contributed by atoms with Crippen LogP contribution in [-0.4, -0.2) is 36.6 Å². The molecular formula is C20H23N5O3. The minimum atomic E-state index is -0.881. The van der Waals surface area contributed by atoms with E-state index in [1.807, 2.05) is 44.2 Å². The fourth-order valence-electron chi connectivity index (χ4n) is 3.30. The van der Waals surface area contributed by atoms with Crippen molar-refractivity contribution in [1.82, 2.24) is 24.9 Å². The van der Waals surface area contributed by atoms with Gasteiger partial charge in [0.05, 0.1) is 6.04 Å². The zero-order valence-electron chi connectivity index (χ0n) is 15.9. The van der Waals surface area contributed by atoms with E-state index < -0.39 is 5.97 Å². The number of carboxylic acid groups (broad SMARTS) is 1. The van der Waals surface area contributed by atoms with Crippen LogP contribution in [0.25, 0.3) is 5.78 Å². The van der Waals surface area contributed by atoms with Gasteiger partial charge in [0.25, 0.3) is 5.78 Å². The number of carbonyl (C=O) groups excluding carboxylic acids is 1. The third-order valence-electron chi connectivity index (χ3n) is 4.77. The van der Waals surface area contributed by atoms with Crippen molar-refractivity contribution in [3.05, 3.63) is 59.2 Å². The molecule has 0 aliphatic rings. The van der Waals surface area contributed by atoms with Crippen LogP contribution in [0, 0.1) is 13.8 Å². The standard InChI is InChI=1S/C20H23N5O3/c1-13-16(14(2)25-20(23-13)21-12-22-25)8-10-18(26)24-17(9-11-19(27)28)15-6-4-3-5-7-15/h3-7,12,17H,8-11H2,1-2H3,(H,24,26)(H,27,28). The third kappa shape index (κ3) is 4.51. The molecule has 0 bridgehead atoms. The molecule has 0 saturated carbocycles. The van der Waals surface area contributed by atoms with Gasteiger partial charge in [-0.2, -0.15) is 10.1 Å². The number of rotatable bonds is 8. The molecule has 8 nitrogen and oxygen atoms in total. The first-order chi connectivity index (χ1) is 13.5. The van der Waals surface area contributed by atoms with Crippen LogP contribution in [0.3, 0.4) is 0 Å². The molecule has 2 N–H and O–H groups in total. The monoisotopic (exact) mass is 381 g/mol. The largest absolute Gasteiger partial charge is 0.481 e. The van der Waals surface area contributed by atoms with Gasteiger partial charge in [-0.1, -0.05) is 30.3 Å². The number of amides is 1. The van der Waals surface area contributed by atoms with Gasteiger partial charge in [-0.25, -0.2) is 9.50 Å². The lowest BCUT2D eigenvalue weighted by Crippen LogP contribution is -2.29. The zero-order chi connectivity index (χ0) is 20.1. The van der Waals surface area contributed by atoms with Gasteiger partial charge in [-0.15, -0.1) is 0 Å². The lowest BCUT2D eigenvalue weighted by atomic mass is 10.0. The van der Waals surface area contributed by atoms with Crippen LogP contribution in [0.2, 0.25) is 0 Å². The summed E-state index contributed by atoms with van der Waals surface area (Å²) in [7, 11) is 0. The van der Waals surface area contributed by atoms with Crippen LogP contribution < -0.4 is 5.32 Å². The first-order valence-electron chi connectivity index (χ1n) is 9.17. The van der Waals surface area contributed by atoms with Crippen LogP contribution in [-0.2, 0) is 16.0 Å². The maximum absolute atomic E-state index is 12.6. The van der Waals surface area contributed by atoms with Crippen molar-refractivity contribution < 1.29 is 14.7 Å². The van der Waals surface area contributed by atoms with Crippen LogP contribution in [0.5, 0.6) is 0 Å². The Morgan fingerprint density at radius 1 is 1.18 bits per heavy atom. The van der Waals surface area contributed by atoms with Gasteiger partial charge in [-0.3, -0.25) is 9.59 Å². The number of aromatic nitrogens is 4. The summed E-state index contributed by atoms with van der Waals surface area (Å²) in [5, 5.41) is 16.1. The molecule has 3 aromatic rings. The maximum atomic E-state index is 12.6. The van der Waals surface area contributed by atoms with Crippen molar-refractivity contribution in [2.75, 3.05) is 0 Å². The highest BCUT2D eigenvalue weighted by Crippen LogP contribution is 2.19. The number of hydrogen-bond acceptors (Lipinski definition) is 5. The van der Waals surface area contributed by atoms with E-state index >= 15 is 0 Å². The van der Waals surface area contributed by atoms with Gasteiger partial charge in [0, 0.05) is 24.2 Å². The van der Waals surface area contributed by atoms with E-state index in [0.29, 0.717) is 18.6 Å². The average Bonchev–Trinajstić information content (AvgIpc) is 3.14. The van der Waals surface area contributed by atoms with Crippen LogP contribution in [0.4, 0.5) is 0 Å². The van der Waals surface area contributed by atoms with E-state index in [0.717, 1.165) is 22.5 Å². The quantitative estimate of drug-likeness (QED) is 0.620. The van der Waals surface area contributed by atoms with Crippen LogP contribution in [0.15, 0.2) is 36.7 Å². The van der Waals surface area contributed by atoms with Crippen LogP contribution in [0.1, 0.15) is 47.8 Å². The number of carboxylic acids is 1. The summed E-state index contributed by atoms with van der Waals surface area (Å²) in [5.74, 6) is -0.466. The van der Waals surface area contributed by atoms with E-state index in [-0.39, 0.29) is 24.8 Å². The van der Waals surface area contributed by atoms with E-state index in [4.69, 9.17) is 5.11 Å². The zero-order valence-corrected chi connectivity index (χ0v) is 15.9. The number of fused-ring (bicyclic) bond motifs is 1. The molecule has 0 radical (unpaired) electrons. The second-order valence-corrected chi connectivity index (χ2v) is 6.70. The van der Waals surface area contributed by atoms with Gasteiger partial charge in [0.2, 0.25) is 5.91 Å². The Hall–Kier alpha value is -3.29. The highest BCUT2D eigenvalue weighted by molar-refractivity contribution is 5.77. The van der Waals surface area contributed by atoms with Crippen molar-refractivity contribution in [2.45, 2.75) is 45.6 Å². The van der Waals surface area contributed by atoms with E-state index in [9.17, 15) is 9.59 Å². The number of nitrogens with one attached hydrogen (secondary N) is 1. The minimum absolute atomic E-state index is 0.00898. The predicted molar refractivity (Wildman–Crippen MR) is 103 cm³/mol. The average molecular weight is 381 g/mol. The van der Waals surface area contributed by atoms with Crippen molar-refractivity contribution in [3.8, 4) is 0 Å². The van der Waals surface area contributed by atoms with Crippen LogP contribution >= 0.6 is 0 Å². The molecule has 2 heterocycles. The number of aryl methyl sites for hydroxylation is 2. The number of carbonyl (C=O) groups is 2. The molecule has 1 amide bonds. The molecule has 8 heteroatoms. The highest BCUT2D eigenvalue weighted by Gasteiger charge is 2.17. The Bertz CT molecular complexity index is 984. The molecular weight excluding hydrogens is 358 g/mol. The summed E-state index contributed by atoms with van der Waals surface area (Å²) in [4.78, 5) is 32.0. The van der Waals surface area contributed by atoms with E-state index in [2.05, 4.69) is 20.4 Å². The SMILES string of the molecule is Cc1nc2ncnn2c(C)c1CCC(=O)NC(CCC(=O)O)c1ccccc1. The predicted octanol–water partition coefficient (Wildman–Crippen LogP) is 2.40. The summed E-state index contributed by atoms with van der Waals surface area (Å²) in [6.45, 7) is 3.83. The molecule has 2 aromatic heterocycles. The fourth-order valence-corrected chi connectivity index (χ4v) is 3.30. The smallest absolute Gasteiger partial charge is 0.303 e. The second-order valence-electron chi connectivity index (χ2n) is 6.70. The van der Waals surface area contributed by atoms with Crippen molar-refractivity contribution in [3.63, 3.8) is 0 Å². The summed E-state index contributed by atoms with van der Waals surface area (Å²) < 4.78 is 1.67. The molecule has 0 fully saturated rings. The first-order valence-corrected chi connectivity index (χ1v) is 9.17. The molecule has 0 aliphatic carbocycles. The molecule has 1 atom stereocenters. The van der Waals surface area contributed by atoms with Gasteiger partial charge in [-0.05, 0) is 37.8 Å². The highest BCUT2D eigenvalue weighted by atomic mass is 16.4. The normalized spacial score (nSPS) is 12.1. The summed E-state index contributed by atoms with van der Waals surface area (Å²) in [6.07, 6.45) is 2.59. The molecule has 0 aliphatic heterocycles.